The average Bonchev–Trinajstić information content (AvgIpc) is 3.22. The van der Waals surface area contributed by atoms with Crippen LogP contribution in [0, 0.1) is 17.0 Å². The molecule has 7 nitrogen and oxygen atoms in total. The fraction of sp³-hybridized carbons (Fsp3) is 0.0870. The molecule has 0 atom stereocenters. The van der Waals surface area contributed by atoms with Crippen molar-refractivity contribution >= 4 is 23.2 Å². The minimum absolute atomic E-state index is 0.0833. The number of carbonyl (C=O) groups excluding carboxylic acids is 1. The molecule has 4 rings (SSSR count). The van der Waals surface area contributed by atoms with Gasteiger partial charge in [-0.1, -0.05) is 71.9 Å². The Morgan fingerprint density at radius 2 is 1.74 bits per heavy atom. The maximum atomic E-state index is 12.7. The number of thioether (sulfide) groups is 1. The minimum Gasteiger partial charge on any atom is -0.293 e. The second kappa shape index (κ2) is 8.93. The summed E-state index contributed by atoms with van der Waals surface area (Å²) in [6, 6.07) is 23.4. The van der Waals surface area contributed by atoms with Crippen molar-refractivity contribution in [3.05, 3.63) is 100 Å². The number of nitro benzene ring substituents is 1. The number of nitrogens with zero attached hydrogens (tertiary/aromatic N) is 4. The Hall–Kier alpha value is -3.78. The largest absolute Gasteiger partial charge is 0.293 e. The minimum atomic E-state index is -0.510. The highest BCUT2D eigenvalue weighted by atomic mass is 32.2. The summed E-state index contributed by atoms with van der Waals surface area (Å²) in [6.07, 6.45) is 0. The second-order valence-electron chi connectivity index (χ2n) is 6.86. The number of carbonyl (C=O) groups is 1. The number of hydrogen-bond acceptors (Lipinski definition) is 6. The molecule has 1 heterocycles. The molecule has 1 aromatic heterocycles. The van der Waals surface area contributed by atoms with E-state index in [2.05, 4.69) is 10.2 Å². The summed E-state index contributed by atoms with van der Waals surface area (Å²) in [5.41, 5.74) is 3.12. The predicted molar refractivity (Wildman–Crippen MR) is 120 cm³/mol. The smallest absolute Gasteiger partial charge is 0.270 e. The van der Waals surface area contributed by atoms with Crippen molar-refractivity contribution in [3.63, 3.8) is 0 Å². The number of rotatable bonds is 7. The van der Waals surface area contributed by atoms with E-state index in [1.165, 1.54) is 30.0 Å². The van der Waals surface area contributed by atoms with Crippen LogP contribution in [-0.2, 0) is 0 Å². The van der Waals surface area contributed by atoms with Crippen LogP contribution >= 0.6 is 11.8 Å². The molecule has 154 valence electrons. The number of ketones is 1. The van der Waals surface area contributed by atoms with E-state index in [1.54, 1.807) is 6.07 Å². The van der Waals surface area contributed by atoms with Gasteiger partial charge in [-0.3, -0.25) is 19.5 Å². The maximum absolute atomic E-state index is 12.7. The molecule has 0 aliphatic rings. The first-order valence-corrected chi connectivity index (χ1v) is 10.5. The fourth-order valence-electron chi connectivity index (χ4n) is 3.07. The third kappa shape index (κ3) is 4.54. The van der Waals surface area contributed by atoms with Gasteiger partial charge in [0.2, 0.25) is 0 Å². The Kier molecular flexibility index (Phi) is 5.90. The van der Waals surface area contributed by atoms with E-state index in [-0.39, 0.29) is 17.2 Å². The summed E-state index contributed by atoms with van der Waals surface area (Å²) in [5, 5.41) is 20.2. The van der Waals surface area contributed by atoms with E-state index >= 15 is 0 Å². The molecule has 31 heavy (non-hydrogen) atoms. The van der Waals surface area contributed by atoms with Crippen LogP contribution in [0.3, 0.4) is 0 Å². The number of Topliss-reactive ketones (excluding diaryl/α,β-unsaturated/α-hetero) is 1. The first-order chi connectivity index (χ1) is 15.0. The monoisotopic (exact) mass is 430 g/mol. The van der Waals surface area contributed by atoms with Gasteiger partial charge < -0.3 is 0 Å². The van der Waals surface area contributed by atoms with E-state index in [4.69, 9.17) is 0 Å². The highest BCUT2D eigenvalue weighted by Gasteiger charge is 2.18. The van der Waals surface area contributed by atoms with Crippen molar-refractivity contribution in [2.45, 2.75) is 12.1 Å². The molecule has 0 spiro atoms. The van der Waals surface area contributed by atoms with Crippen LogP contribution < -0.4 is 0 Å². The fourth-order valence-corrected chi connectivity index (χ4v) is 3.92. The Balaban J connectivity index is 1.65. The lowest BCUT2D eigenvalue weighted by molar-refractivity contribution is -0.384. The number of benzene rings is 3. The van der Waals surface area contributed by atoms with Gasteiger partial charge in [0.15, 0.2) is 16.8 Å². The highest BCUT2D eigenvalue weighted by Crippen LogP contribution is 2.28. The average molecular weight is 430 g/mol. The topological polar surface area (TPSA) is 90.9 Å². The van der Waals surface area contributed by atoms with Crippen LogP contribution in [0.25, 0.3) is 17.1 Å². The molecule has 0 aliphatic heterocycles. The van der Waals surface area contributed by atoms with E-state index in [0.717, 1.165) is 16.8 Å². The second-order valence-corrected chi connectivity index (χ2v) is 7.80. The van der Waals surface area contributed by atoms with Gasteiger partial charge in [-0.25, -0.2) is 0 Å². The van der Waals surface area contributed by atoms with Crippen molar-refractivity contribution in [1.29, 1.82) is 0 Å². The standard InChI is InChI=1S/C23H18N4O3S/c1-16-10-12-19(13-11-16)26-22(17-6-3-2-4-7-17)24-25-23(26)31-15-21(28)18-8-5-9-20(14-18)27(29)30/h2-14H,15H2,1H3. The van der Waals surface area contributed by atoms with Crippen molar-refractivity contribution in [3.8, 4) is 17.1 Å². The zero-order chi connectivity index (χ0) is 21.8. The van der Waals surface area contributed by atoms with Gasteiger partial charge in [0.1, 0.15) is 0 Å². The Labute approximate surface area is 182 Å². The lowest BCUT2D eigenvalue weighted by atomic mass is 10.1. The van der Waals surface area contributed by atoms with Gasteiger partial charge in [-0.2, -0.15) is 0 Å². The van der Waals surface area contributed by atoms with Crippen LogP contribution in [-0.4, -0.2) is 31.2 Å². The van der Waals surface area contributed by atoms with Crippen LogP contribution in [0.5, 0.6) is 0 Å². The maximum Gasteiger partial charge on any atom is 0.270 e. The molecule has 0 amide bonds. The molecule has 0 saturated carbocycles. The molecule has 0 bridgehead atoms. The van der Waals surface area contributed by atoms with Crippen molar-refractivity contribution < 1.29 is 9.72 Å². The van der Waals surface area contributed by atoms with Gasteiger partial charge >= 0.3 is 0 Å². The zero-order valence-electron chi connectivity index (χ0n) is 16.6. The first-order valence-electron chi connectivity index (χ1n) is 9.51. The number of aryl methyl sites for hydroxylation is 1. The number of hydrogen-bond donors (Lipinski definition) is 0. The van der Waals surface area contributed by atoms with Gasteiger partial charge in [-0.15, -0.1) is 10.2 Å². The molecule has 0 aliphatic carbocycles. The van der Waals surface area contributed by atoms with E-state index in [1.807, 2.05) is 66.1 Å². The van der Waals surface area contributed by atoms with Gasteiger partial charge in [0.25, 0.3) is 5.69 Å². The third-order valence-electron chi connectivity index (χ3n) is 4.67. The third-order valence-corrected chi connectivity index (χ3v) is 5.60. The summed E-state index contributed by atoms with van der Waals surface area (Å²) in [7, 11) is 0. The quantitative estimate of drug-likeness (QED) is 0.175. The molecule has 0 N–H and O–H groups in total. The van der Waals surface area contributed by atoms with Crippen molar-refractivity contribution in [1.82, 2.24) is 14.8 Å². The molecule has 4 aromatic rings. The van der Waals surface area contributed by atoms with Gasteiger partial charge in [-0.05, 0) is 19.1 Å². The van der Waals surface area contributed by atoms with E-state index in [9.17, 15) is 14.9 Å². The summed E-state index contributed by atoms with van der Waals surface area (Å²) in [6.45, 7) is 2.02. The lowest BCUT2D eigenvalue weighted by Gasteiger charge is -2.10. The summed E-state index contributed by atoms with van der Waals surface area (Å²) >= 11 is 1.25. The predicted octanol–water partition coefficient (Wildman–Crippen LogP) is 5.13. The molecule has 0 unspecified atom stereocenters. The lowest BCUT2D eigenvalue weighted by Crippen LogP contribution is -2.05. The Morgan fingerprint density at radius 3 is 2.45 bits per heavy atom. The van der Waals surface area contributed by atoms with Crippen LogP contribution in [0.4, 0.5) is 5.69 Å². The SMILES string of the molecule is Cc1ccc(-n2c(SCC(=O)c3cccc([N+](=O)[O-])c3)nnc2-c2ccccc2)cc1. The molecule has 0 saturated heterocycles. The summed E-state index contributed by atoms with van der Waals surface area (Å²) in [4.78, 5) is 23.1. The molecular weight excluding hydrogens is 412 g/mol. The van der Waals surface area contributed by atoms with Gasteiger partial charge in [0.05, 0.1) is 10.7 Å². The number of non-ortho nitro benzene ring substituents is 1. The normalized spacial score (nSPS) is 10.7. The molecule has 0 fully saturated rings. The van der Waals surface area contributed by atoms with E-state index < -0.39 is 4.92 Å². The molecule has 8 heteroatoms. The summed E-state index contributed by atoms with van der Waals surface area (Å²) in [5.74, 6) is 0.545. The summed E-state index contributed by atoms with van der Waals surface area (Å²) < 4.78 is 1.92. The van der Waals surface area contributed by atoms with Crippen LogP contribution in [0.2, 0.25) is 0 Å². The number of nitro groups is 1. The highest BCUT2D eigenvalue weighted by molar-refractivity contribution is 7.99. The van der Waals surface area contributed by atoms with Crippen molar-refractivity contribution in [2.24, 2.45) is 0 Å². The molecular formula is C23H18N4O3S. The van der Waals surface area contributed by atoms with Crippen LogP contribution in [0.15, 0.2) is 84.0 Å². The van der Waals surface area contributed by atoms with Crippen molar-refractivity contribution in [2.75, 3.05) is 5.75 Å². The number of aromatic nitrogens is 3. The molecule has 3 aromatic carbocycles. The Morgan fingerprint density at radius 1 is 1.00 bits per heavy atom. The zero-order valence-corrected chi connectivity index (χ0v) is 17.5. The Bertz CT molecular complexity index is 1240. The van der Waals surface area contributed by atoms with E-state index in [0.29, 0.717) is 16.5 Å². The first kappa shape index (κ1) is 20.5. The van der Waals surface area contributed by atoms with Crippen LogP contribution in [0.1, 0.15) is 15.9 Å². The molecule has 0 radical (unpaired) electrons. The van der Waals surface area contributed by atoms with Gasteiger partial charge in [0, 0.05) is 28.9 Å².